The maximum atomic E-state index is 12.8. The molecule has 1 aromatic heterocycles. The third kappa shape index (κ3) is 2.65. The Labute approximate surface area is 123 Å². The molecule has 0 aromatic carbocycles. The SMILES string of the molecule is NC1N=C2C=CC(N)(c3nccc(C(F)(F)F)n3)C=C2CO1. The summed E-state index contributed by atoms with van der Waals surface area (Å²) < 4.78 is 43.4. The molecule has 4 N–H and O–H groups in total. The quantitative estimate of drug-likeness (QED) is 0.801. The number of hydrogen-bond donors (Lipinski definition) is 2. The van der Waals surface area contributed by atoms with E-state index in [0.717, 1.165) is 12.3 Å². The van der Waals surface area contributed by atoms with Crippen LogP contribution in [0.25, 0.3) is 0 Å². The summed E-state index contributed by atoms with van der Waals surface area (Å²) in [5.41, 5.74) is 10.5. The normalized spacial score (nSPS) is 28.0. The average molecular weight is 311 g/mol. The Morgan fingerprint density at radius 3 is 2.86 bits per heavy atom. The zero-order valence-corrected chi connectivity index (χ0v) is 11.2. The fourth-order valence-corrected chi connectivity index (χ4v) is 2.19. The molecule has 1 aliphatic heterocycles. The van der Waals surface area contributed by atoms with Crippen molar-refractivity contribution in [1.82, 2.24) is 9.97 Å². The first-order chi connectivity index (χ1) is 10.3. The molecular weight excluding hydrogens is 299 g/mol. The van der Waals surface area contributed by atoms with E-state index in [0.29, 0.717) is 11.3 Å². The average Bonchev–Trinajstić information content (AvgIpc) is 2.47. The van der Waals surface area contributed by atoms with Crippen LogP contribution in [-0.2, 0) is 16.5 Å². The van der Waals surface area contributed by atoms with Gasteiger partial charge in [-0.05, 0) is 18.2 Å². The molecule has 2 unspecified atom stereocenters. The van der Waals surface area contributed by atoms with Gasteiger partial charge < -0.3 is 10.5 Å². The Bertz CT molecular complexity index is 697. The molecule has 22 heavy (non-hydrogen) atoms. The number of allylic oxidation sites excluding steroid dienone is 1. The Morgan fingerprint density at radius 2 is 2.14 bits per heavy atom. The highest BCUT2D eigenvalue weighted by Crippen LogP contribution is 2.31. The summed E-state index contributed by atoms with van der Waals surface area (Å²) in [5.74, 6) is -0.153. The van der Waals surface area contributed by atoms with Crippen molar-refractivity contribution < 1.29 is 17.9 Å². The highest BCUT2D eigenvalue weighted by molar-refractivity contribution is 6.10. The summed E-state index contributed by atoms with van der Waals surface area (Å²) >= 11 is 0. The second kappa shape index (κ2) is 4.97. The van der Waals surface area contributed by atoms with Gasteiger partial charge in [-0.25, -0.2) is 15.0 Å². The smallest absolute Gasteiger partial charge is 0.339 e. The molecule has 116 valence electrons. The molecule has 0 amide bonds. The lowest BCUT2D eigenvalue weighted by atomic mass is 9.88. The van der Waals surface area contributed by atoms with Crippen molar-refractivity contribution in [2.24, 2.45) is 16.5 Å². The van der Waals surface area contributed by atoms with E-state index in [2.05, 4.69) is 15.0 Å². The topological polar surface area (TPSA) is 99.4 Å². The number of nitrogens with two attached hydrogens (primary N) is 2. The molecule has 6 nitrogen and oxygen atoms in total. The maximum Gasteiger partial charge on any atom is 0.433 e. The van der Waals surface area contributed by atoms with Gasteiger partial charge in [0.25, 0.3) is 0 Å². The van der Waals surface area contributed by atoms with Crippen LogP contribution in [0.3, 0.4) is 0 Å². The molecule has 0 saturated carbocycles. The van der Waals surface area contributed by atoms with Crippen LogP contribution in [0, 0.1) is 0 Å². The molecule has 3 rings (SSSR count). The highest BCUT2D eigenvalue weighted by Gasteiger charge is 2.36. The summed E-state index contributed by atoms with van der Waals surface area (Å²) in [5, 5.41) is 0. The summed E-state index contributed by atoms with van der Waals surface area (Å²) in [6, 6.07) is 0.794. The van der Waals surface area contributed by atoms with E-state index >= 15 is 0 Å². The lowest BCUT2D eigenvalue weighted by Gasteiger charge is -2.29. The first-order valence-electron chi connectivity index (χ1n) is 6.34. The van der Waals surface area contributed by atoms with Gasteiger partial charge in [0.15, 0.2) is 5.82 Å². The van der Waals surface area contributed by atoms with E-state index in [9.17, 15) is 13.2 Å². The van der Waals surface area contributed by atoms with E-state index in [1.807, 2.05) is 0 Å². The van der Waals surface area contributed by atoms with Crippen molar-refractivity contribution in [1.29, 1.82) is 0 Å². The molecule has 0 radical (unpaired) electrons. The van der Waals surface area contributed by atoms with Gasteiger partial charge in [0, 0.05) is 11.8 Å². The molecule has 1 aliphatic carbocycles. The predicted octanol–water partition coefficient (Wildman–Crippen LogP) is 0.859. The summed E-state index contributed by atoms with van der Waals surface area (Å²) in [6.07, 6.45) is 0.319. The monoisotopic (exact) mass is 311 g/mol. The second-order valence-corrected chi connectivity index (χ2v) is 4.92. The predicted molar refractivity (Wildman–Crippen MR) is 71.5 cm³/mol. The first kappa shape index (κ1) is 14.8. The molecule has 0 saturated heterocycles. The summed E-state index contributed by atoms with van der Waals surface area (Å²) in [4.78, 5) is 11.5. The summed E-state index contributed by atoms with van der Waals surface area (Å²) in [6.45, 7) is 0.169. The summed E-state index contributed by atoms with van der Waals surface area (Å²) in [7, 11) is 0. The number of aromatic nitrogens is 2. The number of nitrogens with zero attached hydrogens (tertiary/aromatic N) is 3. The van der Waals surface area contributed by atoms with Gasteiger partial charge in [-0.2, -0.15) is 13.2 Å². The van der Waals surface area contributed by atoms with Crippen molar-refractivity contribution in [3.8, 4) is 0 Å². The van der Waals surface area contributed by atoms with Crippen LogP contribution in [0.2, 0.25) is 0 Å². The molecule has 2 atom stereocenters. The molecule has 2 aliphatic rings. The van der Waals surface area contributed by atoms with E-state index < -0.39 is 23.8 Å². The van der Waals surface area contributed by atoms with Crippen molar-refractivity contribution >= 4 is 5.71 Å². The third-order valence-corrected chi connectivity index (χ3v) is 3.27. The van der Waals surface area contributed by atoms with E-state index in [-0.39, 0.29) is 12.4 Å². The minimum absolute atomic E-state index is 0.153. The van der Waals surface area contributed by atoms with Crippen LogP contribution in [0.4, 0.5) is 13.2 Å². The van der Waals surface area contributed by atoms with Gasteiger partial charge in [0.2, 0.25) is 6.35 Å². The zero-order valence-electron chi connectivity index (χ0n) is 11.2. The Morgan fingerprint density at radius 1 is 1.36 bits per heavy atom. The van der Waals surface area contributed by atoms with E-state index in [1.165, 1.54) is 12.2 Å². The Kier molecular flexibility index (Phi) is 3.35. The van der Waals surface area contributed by atoms with Crippen LogP contribution < -0.4 is 11.5 Å². The maximum absolute atomic E-state index is 12.8. The largest absolute Gasteiger partial charge is 0.433 e. The van der Waals surface area contributed by atoms with E-state index in [4.69, 9.17) is 16.2 Å². The molecular formula is C13H12F3N5O. The number of fused-ring (bicyclic) bond motifs is 1. The minimum Gasteiger partial charge on any atom is -0.339 e. The molecule has 0 fully saturated rings. The van der Waals surface area contributed by atoms with Crippen LogP contribution in [0.15, 0.2) is 41.1 Å². The van der Waals surface area contributed by atoms with E-state index in [1.54, 1.807) is 6.08 Å². The number of alkyl halides is 3. The van der Waals surface area contributed by atoms with Crippen molar-refractivity contribution in [3.63, 3.8) is 0 Å². The molecule has 1 aromatic rings. The molecule has 0 bridgehead atoms. The fourth-order valence-electron chi connectivity index (χ4n) is 2.19. The molecule has 2 heterocycles. The standard InChI is InChI=1S/C13H12F3N5O/c14-13(15,16)9-2-4-19-10(21-9)12(18)3-1-8-7(5-12)6-22-11(17)20-8/h1-5,11H,6,17-18H2. The fraction of sp³-hybridized carbons (Fsp3) is 0.308. The van der Waals surface area contributed by atoms with Gasteiger partial charge in [-0.1, -0.05) is 6.08 Å². The van der Waals surface area contributed by atoms with Crippen LogP contribution in [0.5, 0.6) is 0 Å². The van der Waals surface area contributed by atoms with Gasteiger partial charge in [0.05, 0.1) is 12.3 Å². The Balaban J connectivity index is 2.01. The lowest BCUT2D eigenvalue weighted by molar-refractivity contribution is -0.141. The third-order valence-electron chi connectivity index (χ3n) is 3.27. The minimum atomic E-state index is -4.56. The number of ether oxygens (including phenoxy) is 1. The highest BCUT2D eigenvalue weighted by atomic mass is 19.4. The van der Waals surface area contributed by atoms with Gasteiger partial charge in [-0.15, -0.1) is 0 Å². The van der Waals surface area contributed by atoms with Gasteiger partial charge >= 0.3 is 6.18 Å². The van der Waals surface area contributed by atoms with Crippen LogP contribution >= 0.6 is 0 Å². The number of hydrogen-bond acceptors (Lipinski definition) is 6. The van der Waals surface area contributed by atoms with Crippen LogP contribution in [-0.4, -0.2) is 28.6 Å². The number of rotatable bonds is 1. The van der Waals surface area contributed by atoms with Gasteiger partial charge in [-0.3, -0.25) is 5.73 Å². The molecule has 0 spiro atoms. The van der Waals surface area contributed by atoms with Gasteiger partial charge in [0.1, 0.15) is 11.2 Å². The second-order valence-electron chi connectivity index (χ2n) is 4.92. The number of halogens is 3. The first-order valence-corrected chi connectivity index (χ1v) is 6.34. The van der Waals surface area contributed by atoms with Crippen molar-refractivity contribution in [2.45, 2.75) is 18.1 Å². The van der Waals surface area contributed by atoms with Crippen molar-refractivity contribution in [2.75, 3.05) is 6.61 Å². The zero-order chi connectivity index (χ0) is 16.0. The lowest BCUT2D eigenvalue weighted by Crippen LogP contribution is -2.40. The number of aliphatic imine (C=N–C) groups is 1. The van der Waals surface area contributed by atoms with Crippen molar-refractivity contribution in [3.05, 3.63) is 47.6 Å². The molecule has 9 heteroatoms. The Hall–Kier alpha value is -2.10. The van der Waals surface area contributed by atoms with Crippen LogP contribution in [0.1, 0.15) is 11.5 Å².